The molecular formula is C13H17N3O2. The molecule has 2 rings (SSSR count). The first-order chi connectivity index (χ1) is 8.75. The smallest absolute Gasteiger partial charge is 0.313 e. The molecule has 5 heteroatoms. The summed E-state index contributed by atoms with van der Waals surface area (Å²) in [5.41, 5.74) is 0.627. The summed E-state index contributed by atoms with van der Waals surface area (Å²) in [4.78, 5) is 25.3. The lowest BCUT2D eigenvalue weighted by atomic mass is 10.3. The van der Waals surface area contributed by atoms with E-state index in [4.69, 9.17) is 0 Å². The van der Waals surface area contributed by atoms with E-state index in [1.54, 1.807) is 24.3 Å². The molecule has 0 atom stereocenters. The Morgan fingerprint density at radius 2 is 1.83 bits per heavy atom. The maximum atomic E-state index is 11.5. The second-order valence-electron chi connectivity index (χ2n) is 4.27. The Bertz CT molecular complexity index is 416. The molecule has 5 nitrogen and oxygen atoms in total. The van der Waals surface area contributed by atoms with Gasteiger partial charge in [-0.1, -0.05) is 18.2 Å². The van der Waals surface area contributed by atoms with E-state index < -0.39 is 11.8 Å². The summed E-state index contributed by atoms with van der Waals surface area (Å²) in [5, 5.41) is 5.15. The molecule has 2 amide bonds. The van der Waals surface area contributed by atoms with Crippen LogP contribution in [0.2, 0.25) is 0 Å². The van der Waals surface area contributed by atoms with Crippen LogP contribution in [-0.4, -0.2) is 42.9 Å². The van der Waals surface area contributed by atoms with Crippen molar-refractivity contribution >= 4 is 17.5 Å². The van der Waals surface area contributed by atoms with Gasteiger partial charge in [0.2, 0.25) is 0 Å². The molecule has 1 aromatic carbocycles. The van der Waals surface area contributed by atoms with Crippen molar-refractivity contribution in [3.8, 4) is 0 Å². The highest BCUT2D eigenvalue weighted by molar-refractivity contribution is 6.39. The van der Waals surface area contributed by atoms with Gasteiger partial charge in [-0.2, -0.15) is 0 Å². The number of nitrogens with one attached hydrogen (secondary N) is 2. The Balaban J connectivity index is 1.66. The van der Waals surface area contributed by atoms with E-state index in [1.165, 1.54) is 0 Å². The summed E-state index contributed by atoms with van der Waals surface area (Å²) in [6.45, 7) is 3.84. The molecule has 0 saturated carbocycles. The predicted octanol–water partition coefficient (Wildman–Crippen LogP) is 0.447. The number of carbonyl (C=O) groups is 2. The van der Waals surface area contributed by atoms with Crippen LogP contribution in [-0.2, 0) is 9.59 Å². The van der Waals surface area contributed by atoms with Gasteiger partial charge in [-0.15, -0.1) is 0 Å². The second-order valence-corrected chi connectivity index (χ2v) is 4.27. The molecular weight excluding hydrogens is 230 g/mol. The van der Waals surface area contributed by atoms with Gasteiger partial charge in [0.05, 0.1) is 0 Å². The number of anilines is 1. The molecule has 1 saturated heterocycles. The number of amides is 2. The molecule has 0 radical (unpaired) electrons. The topological polar surface area (TPSA) is 61.2 Å². The third-order valence-corrected chi connectivity index (χ3v) is 2.71. The molecule has 0 spiro atoms. The Morgan fingerprint density at radius 1 is 1.11 bits per heavy atom. The van der Waals surface area contributed by atoms with E-state index >= 15 is 0 Å². The van der Waals surface area contributed by atoms with Crippen molar-refractivity contribution in [2.75, 3.05) is 31.5 Å². The number of benzene rings is 1. The first kappa shape index (κ1) is 12.6. The standard InChI is InChI=1S/C13H17N3O2/c17-12(14-7-4-8-16-9-10-16)13(18)15-11-5-2-1-3-6-11/h1-3,5-6H,4,7-10H2,(H,14,17)(H,15,18). The van der Waals surface area contributed by atoms with Gasteiger partial charge in [-0.05, 0) is 25.1 Å². The maximum Gasteiger partial charge on any atom is 0.313 e. The molecule has 96 valence electrons. The molecule has 1 aliphatic rings. The highest BCUT2D eigenvalue weighted by Crippen LogP contribution is 2.04. The largest absolute Gasteiger partial charge is 0.348 e. The Kier molecular flexibility index (Phi) is 4.30. The Hall–Kier alpha value is -1.88. The second kappa shape index (κ2) is 6.16. The highest BCUT2D eigenvalue weighted by Gasteiger charge is 2.16. The van der Waals surface area contributed by atoms with E-state index in [0.717, 1.165) is 26.1 Å². The summed E-state index contributed by atoms with van der Waals surface area (Å²) in [6.07, 6.45) is 0.879. The van der Waals surface area contributed by atoms with Gasteiger partial charge in [0, 0.05) is 25.3 Å². The zero-order valence-corrected chi connectivity index (χ0v) is 10.2. The van der Waals surface area contributed by atoms with Crippen molar-refractivity contribution in [3.63, 3.8) is 0 Å². The van der Waals surface area contributed by atoms with Crippen LogP contribution in [0.5, 0.6) is 0 Å². The molecule has 0 unspecified atom stereocenters. The summed E-state index contributed by atoms with van der Waals surface area (Å²) in [6, 6.07) is 8.94. The van der Waals surface area contributed by atoms with E-state index in [-0.39, 0.29) is 0 Å². The van der Waals surface area contributed by atoms with Crippen LogP contribution in [0.1, 0.15) is 6.42 Å². The van der Waals surface area contributed by atoms with Crippen molar-refractivity contribution in [2.45, 2.75) is 6.42 Å². The molecule has 1 aliphatic heterocycles. The van der Waals surface area contributed by atoms with Gasteiger partial charge in [-0.3, -0.25) is 9.59 Å². The van der Waals surface area contributed by atoms with Crippen LogP contribution in [0.15, 0.2) is 30.3 Å². The molecule has 1 heterocycles. The van der Waals surface area contributed by atoms with Gasteiger partial charge in [-0.25, -0.2) is 0 Å². The summed E-state index contributed by atoms with van der Waals surface area (Å²) in [7, 11) is 0. The minimum Gasteiger partial charge on any atom is -0.348 e. The van der Waals surface area contributed by atoms with E-state index in [9.17, 15) is 9.59 Å². The number of para-hydroxylation sites is 1. The zero-order chi connectivity index (χ0) is 12.8. The quantitative estimate of drug-likeness (QED) is 0.451. The SMILES string of the molecule is O=C(NCCCN1CC1)C(=O)Nc1ccccc1. The predicted molar refractivity (Wildman–Crippen MR) is 69.1 cm³/mol. The van der Waals surface area contributed by atoms with Crippen LogP contribution in [0.25, 0.3) is 0 Å². The molecule has 1 fully saturated rings. The van der Waals surface area contributed by atoms with Crippen molar-refractivity contribution < 1.29 is 9.59 Å². The van der Waals surface area contributed by atoms with E-state index in [1.807, 2.05) is 6.07 Å². The lowest BCUT2D eigenvalue weighted by Crippen LogP contribution is -2.36. The minimum atomic E-state index is -0.618. The summed E-state index contributed by atoms with van der Waals surface area (Å²) in [5.74, 6) is -1.20. The lowest BCUT2D eigenvalue weighted by molar-refractivity contribution is -0.136. The average molecular weight is 247 g/mol. The summed E-state index contributed by atoms with van der Waals surface area (Å²) < 4.78 is 0. The van der Waals surface area contributed by atoms with Gasteiger partial charge in [0.25, 0.3) is 0 Å². The zero-order valence-electron chi connectivity index (χ0n) is 10.2. The van der Waals surface area contributed by atoms with Gasteiger partial charge < -0.3 is 15.5 Å². The van der Waals surface area contributed by atoms with Crippen molar-refractivity contribution in [3.05, 3.63) is 30.3 Å². The van der Waals surface area contributed by atoms with Crippen LogP contribution in [0.4, 0.5) is 5.69 Å². The van der Waals surface area contributed by atoms with Gasteiger partial charge in [0.1, 0.15) is 0 Å². The first-order valence-electron chi connectivity index (χ1n) is 6.12. The van der Waals surface area contributed by atoms with Crippen LogP contribution >= 0.6 is 0 Å². The average Bonchev–Trinajstić information content (AvgIpc) is 3.19. The molecule has 0 aromatic heterocycles. The van der Waals surface area contributed by atoms with Crippen LogP contribution < -0.4 is 10.6 Å². The third-order valence-electron chi connectivity index (χ3n) is 2.71. The third kappa shape index (κ3) is 4.18. The van der Waals surface area contributed by atoms with Crippen LogP contribution in [0.3, 0.4) is 0 Å². The Labute approximate surface area is 106 Å². The normalized spacial score (nSPS) is 14.0. The van der Waals surface area contributed by atoms with Crippen molar-refractivity contribution in [2.24, 2.45) is 0 Å². The fourth-order valence-corrected chi connectivity index (χ4v) is 1.59. The molecule has 2 N–H and O–H groups in total. The van der Waals surface area contributed by atoms with Crippen molar-refractivity contribution in [1.82, 2.24) is 10.2 Å². The maximum absolute atomic E-state index is 11.5. The number of nitrogens with zero attached hydrogens (tertiary/aromatic N) is 1. The highest BCUT2D eigenvalue weighted by atomic mass is 16.2. The fraction of sp³-hybridized carbons (Fsp3) is 0.385. The number of hydrogen-bond acceptors (Lipinski definition) is 3. The first-order valence-corrected chi connectivity index (χ1v) is 6.12. The van der Waals surface area contributed by atoms with Gasteiger partial charge >= 0.3 is 11.8 Å². The molecule has 1 aromatic rings. The monoisotopic (exact) mass is 247 g/mol. The molecule has 0 bridgehead atoms. The van der Waals surface area contributed by atoms with Crippen molar-refractivity contribution in [1.29, 1.82) is 0 Å². The minimum absolute atomic E-state index is 0.539. The Morgan fingerprint density at radius 3 is 2.50 bits per heavy atom. The lowest BCUT2D eigenvalue weighted by Gasteiger charge is -2.06. The van der Waals surface area contributed by atoms with E-state index in [2.05, 4.69) is 15.5 Å². The molecule has 0 aliphatic carbocycles. The van der Waals surface area contributed by atoms with E-state index in [0.29, 0.717) is 12.2 Å². The number of hydrogen-bond donors (Lipinski definition) is 2. The van der Waals surface area contributed by atoms with Gasteiger partial charge in [0.15, 0.2) is 0 Å². The fourth-order valence-electron chi connectivity index (χ4n) is 1.59. The summed E-state index contributed by atoms with van der Waals surface area (Å²) >= 11 is 0. The molecule has 18 heavy (non-hydrogen) atoms. The van der Waals surface area contributed by atoms with Crippen LogP contribution in [0, 0.1) is 0 Å². The number of carbonyl (C=O) groups excluding carboxylic acids is 2. The number of rotatable bonds is 5.